The Morgan fingerprint density at radius 2 is 1.73 bits per heavy atom. The maximum Gasteiger partial charge on any atom is 0.341 e. The van der Waals surface area contributed by atoms with E-state index in [-0.39, 0.29) is 12.5 Å². The minimum atomic E-state index is -0.421. The summed E-state index contributed by atoms with van der Waals surface area (Å²) in [5.41, 5.74) is 3.81. The van der Waals surface area contributed by atoms with Crippen LogP contribution in [0.25, 0.3) is 10.4 Å². The van der Waals surface area contributed by atoms with E-state index in [4.69, 9.17) is 4.74 Å². The zero-order valence-corrected chi connectivity index (χ0v) is 18.4. The summed E-state index contributed by atoms with van der Waals surface area (Å²) >= 11 is 1.39. The highest BCUT2D eigenvalue weighted by molar-refractivity contribution is 7.20. The van der Waals surface area contributed by atoms with Gasteiger partial charge in [0.2, 0.25) is 5.91 Å². The summed E-state index contributed by atoms with van der Waals surface area (Å²) in [6.07, 6.45) is 0.998. The molecule has 0 aliphatic carbocycles. The lowest BCUT2D eigenvalue weighted by atomic mass is 10.0. The van der Waals surface area contributed by atoms with Crippen molar-refractivity contribution in [1.29, 1.82) is 0 Å². The number of esters is 1. The largest absolute Gasteiger partial charge is 0.462 e. The molecule has 1 heterocycles. The van der Waals surface area contributed by atoms with Crippen molar-refractivity contribution < 1.29 is 14.3 Å². The van der Waals surface area contributed by atoms with Crippen LogP contribution in [0, 0.1) is 0 Å². The third kappa shape index (κ3) is 5.57. The second kappa shape index (κ2) is 10.2. The topological polar surface area (TPSA) is 55.4 Å². The van der Waals surface area contributed by atoms with Crippen LogP contribution < -0.4 is 5.32 Å². The van der Waals surface area contributed by atoms with Crippen molar-refractivity contribution >= 4 is 28.2 Å². The molecular weight excluding hydrogens is 394 g/mol. The second-order valence-electron chi connectivity index (χ2n) is 7.38. The fourth-order valence-corrected chi connectivity index (χ4v) is 4.17. The van der Waals surface area contributed by atoms with Gasteiger partial charge in [-0.25, -0.2) is 4.79 Å². The standard InChI is InChI=1S/C25H27NO3S/c1-4-29-25(28)21-16-22(20-8-6-5-7-9-20)30-24(21)26-23(27)15-12-18-10-13-19(14-11-18)17(2)3/h5-11,13-14,16-17H,4,12,15H2,1-3H3,(H,26,27). The van der Waals surface area contributed by atoms with Crippen LogP contribution in [-0.4, -0.2) is 18.5 Å². The van der Waals surface area contributed by atoms with Gasteiger partial charge in [-0.3, -0.25) is 4.79 Å². The van der Waals surface area contributed by atoms with Crippen molar-refractivity contribution in [2.75, 3.05) is 11.9 Å². The van der Waals surface area contributed by atoms with Crippen molar-refractivity contribution in [3.63, 3.8) is 0 Å². The molecule has 3 rings (SSSR count). The Labute approximate surface area is 181 Å². The normalized spacial score (nSPS) is 10.8. The van der Waals surface area contributed by atoms with Crippen LogP contribution in [0.2, 0.25) is 0 Å². The SMILES string of the molecule is CCOC(=O)c1cc(-c2ccccc2)sc1NC(=O)CCc1ccc(C(C)C)cc1. The third-order valence-electron chi connectivity index (χ3n) is 4.83. The van der Waals surface area contributed by atoms with E-state index in [1.165, 1.54) is 16.9 Å². The summed E-state index contributed by atoms with van der Waals surface area (Å²) < 4.78 is 5.18. The van der Waals surface area contributed by atoms with E-state index < -0.39 is 5.97 Å². The zero-order chi connectivity index (χ0) is 21.5. The number of ether oxygens (including phenoxy) is 1. The highest BCUT2D eigenvalue weighted by Gasteiger charge is 2.19. The van der Waals surface area contributed by atoms with E-state index in [1.54, 1.807) is 13.0 Å². The molecule has 1 amide bonds. The number of hydrogen-bond donors (Lipinski definition) is 1. The van der Waals surface area contributed by atoms with Gasteiger partial charge < -0.3 is 10.1 Å². The third-order valence-corrected chi connectivity index (χ3v) is 5.93. The fourth-order valence-electron chi connectivity index (χ4n) is 3.11. The number of rotatable bonds is 8. The molecule has 1 aromatic heterocycles. The van der Waals surface area contributed by atoms with Gasteiger partial charge in [0.25, 0.3) is 0 Å². The van der Waals surface area contributed by atoms with Crippen molar-refractivity contribution in [2.24, 2.45) is 0 Å². The first-order valence-corrected chi connectivity index (χ1v) is 11.0. The average Bonchev–Trinajstić information content (AvgIpc) is 3.17. The molecule has 0 unspecified atom stereocenters. The molecule has 0 fully saturated rings. The first-order chi connectivity index (χ1) is 14.5. The van der Waals surface area contributed by atoms with Crippen LogP contribution in [0.15, 0.2) is 60.7 Å². The molecule has 30 heavy (non-hydrogen) atoms. The van der Waals surface area contributed by atoms with Gasteiger partial charge in [0, 0.05) is 11.3 Å². The molecule has 0 atom stereocenters. The van der Waals surface area contributed by atoms with Gasteiger partial charge in [-0.15, -0.1) is 11.3 Å². The van der Waals surface area contributed by atoms with Gasteiger partial charge in [-0.05, 0) is 42.0 Å². The summed E-state index contributed by atoms with van der Waals surface area (Å²) in [6, 6.07) is 20.0. The van der Waals surface area contributed by atoms with Crippen LogP contribution in [-0.2, 0) is 16.0 Å². The molecule has 1 N–H and O–H groups in total. The molecule has 0 radical (unpaired) electrons. The minimum Gasteiger partial charge on any atom is -0.462 e. The van der Waals surface area contributed by atoms with E-state index >= 15 is 0 Å². The van der Waals surface area contributed by atoms with Crippen molar-refractivity contribution in [1.82, 2.24) is 0 Å². The van der Waals surface area contributed by atoms with Crippen LogP contribution in [0.5, 0.6) is 0 Å². The quantitative estimate of drug-likeness (QED) is 0.435. The molecule has 0 saturated carbocycles. The van der Waals surface area contributed by atoms with E-state index in [0.29, 0.717) is 29.3 Å². The summed E-state index contributed by atoms with van der Waals surface area (Å²) in [5.74, 6) is -0.0493. The number of benzene rings is 2. The lowest BCUT2D eigenvalue weighted by Crippen LogP contribution is -2.14. The van der Waals surface area contributed by atoms with Crippen LogP contribution in [0.1, 0.15) is 54.6 Å². The molecule has 3 aromatic rings. The predicted octanol–water partition coefficient (Wildman–Crippen LogP) is 6.29. The summed E-state index contributed by atoms with van der Waals surface area (Å²) in [6.45, 7) is 6.38. The number of hydrogen-bond acceptors (Lipinski definition) is 4. The number of thiophene rings is 1. The molecule has 0 saturated heterocycles. The van der Waals surface area contributed by atoms with Gasteiger partial charge in [0.1, 0.15) is 5.00 Å². The number of carbonyl (C=O) groups is 2. The molecule has 156 valence electrons. The van der Waals surface area contributed by atoms with Gasteiger partial charge in [0.05, 0.1) is 12.2 Å². The molecule has 0 spiro atoms. The van der Waals surface area contributed by atoms with Crippen LogP contribution >= 0.6 is 11.3 Å². The van der Waals surface area contributed by atoms with Gasteiger partial charge in [0.15, 0.2) is 0 Å². The minimum absolute atomic E-state index is 0.116. The Kier molecular flexibility index (Phi) is 7.41. The van der Waals surface area contributed by atoms with Crippen LogP contribution in [0.4, 0.5) is 5.00 Å². The maximum absolute atomic E-state index is 12.6. The monoisotopic (exact) mass is 421 g/mol. The number of aryl methyl sites for hydroxylation is 1. The highest BCUT2D eigenvalue weighted by atomic mass is 32.1. The van der Waals surface area contributed by atoms with E-state index in [1.807, 2.05) is 30.3 Å². The summed E-state index contributed by atoms with van der Waals surface area (Å²) in [4.78, 5) is 25.9. The van der Waals surface area contributed by atoms with Crippen molar-refractivity contribution in [2.45, 2.75) is 39.5 Å². The number of carbonyl (C=O) groups excluding carboxylic acids is 2. The summed E-state index contributed by atoms with van der Waals surface area (Å²) in [5, 5.41) is 3.45. The van der Waals surface area contributed by atoms with E-state index in [9.17, 15) is 9.59 Å². The van der Waals surface area contributed by atoms with Gasteiger partial charge >= 0.3 is 5.97 Å². The highest BCUT2D eigenvalue weighted by Crippen LogP contribution is 2.36. The molecule has 2 aromatic carbocycles. The smallest absolute Gasteiger partial charge is 0.341 e. The van der Waals surface area contributed by atoms with E-state index in [2.05, 4.69) is 43.4 Å². The second-order valence-corrected chi connectivity index (χ2v) is 8.44. The van der Waals surface area contributed by atoms with Gasteiger partial charge in [-0.2, -0.15) is 0 Å². The first-order valence-electron chi connectivity index (χ1n) is 10.2. The van der Waals surface area contributed by atoms with Gasteiger partial charge in [-0.1, -0.05) is 68.4 Å². The maximum atomic E-state index is 12.6. The molecule has 4 nitrogen and oxygen atoms in total. The van der Waals surface area contributed by atoms with Crippen molar-refractivity contribution in [3.8, 4) is 10.4 Å². The molecule has 0 aliphatic heterocycles. The average molecular weight is 422 g/mol. The Balaban J connectivity index is 1.71. The number of anilines is 1. The predicted molar refractivity (Wildman–Crippen MR) is 123 cm³/mol. The summed E-state index contributed by atoms with van der Waals surface area (Å²) in [7, 11) is 0. The lowest BCUT2D eigenvalue weighted by Gasteiger charge is -2.08. The molecule has 0 aliphatic rings. The van der Waals surface area contributed by atoms with E-state index in [0.717, 1.165) is 16.0 Å². The van der Waals surface area contributed by atoms with Crippen molar-refractivity contribution in [3.05, 3.63) is 77.4 Å². The Morgan fingerprint density at radius 1 is 1.03 bits per heavy atom. The number of nitrogens with one attached hydrogen (secondary N) is 1. The number of amides is 1. The van der Waals surface area contributed by atoms with Crippen LogP contribution in [0.3, 0.4) is 0 Å². The fraction of sp³-hybridized carbons (Fsp3) is 0.280. The molecular formula is C25H27NO3S. The zero-order valence-electron chi connectivity index (χ0n) is 17.6. The Bertz CT molecular complexity index is 991. The molecule has 0 bridgehead atoms. The Hall–Kier alpha value is -2.92. The molecule has 5 heteroatoms. The lowest BCUT2D eigenvalue weighted by molar-refractivity contribution is -0.116. The first kappa shape index (κ1) is 21.8. The Morgan fingerprint density at radius 3 is 2.37 bits per heavy atom.